The fraction of sp³-hybridized carbons (Fsp3) is 0.286. The van der Waals surface area contributed by atoms with E-state index in [4.69, 9.17) is 5.11 Å². The van der Waals surface area contributed by atoms with Crippen LogP contribution in [0.15, 0.2) is 30.3 Å². The van der Waals surface area contributed by atoms with Gasteiger partial charge in [-0.1, -0.05) is 24.3 Å². The third-order valence-electron chi connectivity index (χ3n) is 2.53. The Balaban J connectivity index is 2.67. The number of carboxylic acids is 1. The summed E-state index contributed by atoms with van der Waals surface area (Å²) in [5, 5.41) is 8.53. The number of carbonyl (C=O) groups is 2. The van der Waals surface area contributed by atoms with E-state index in [1.54, 1.807) is 26.0 Å². The fourth-order valence-electron chi connectivity index (χ4n) is 1.58. The maximum absolute atomic E-state index is 11.7. The maximum atomic E-state index is 11.7. The molecule has 0 aliphatic carbocycles. The van der Waals surface area contributed by atoms with Gasteiger partial charge >= 0.3 is 12.0 Å². The summed E-state index contributed by atoms with van der Waals surface area (Å²) in [6.45, 7) is 0.514. The first-order valence-corrected chi connectivity index (χ1v) is 5.82. The van der Waals surface area contributed by atoms with Crippen molar-refractivity contribution in [1.82, 2.24) is 9.80 Å². The van der Waals surface area contributed by atoms with Gasteiger partial charge in [0.05, 0.1) is 0 Å². The van der Waals surface area contributed by atoms with Crippen LogP contribution in [-0.2, 0) is 11.3 Å². The van der Waals surface area contributed by atoms with Gasteiger partial charge in [-0.25, -0.2) is 9.59 Å². The summed E-state index contributed by atoms with van der Waals surface area (Å²) in [6.07, 6.45) is 2.62. The molecule has 0 heterocycles. The van der Waals surface area contributed by atoms with Crippen molar-refractivity contribution < 1.29 is 14.7 Å². The van der Waals surface area contributed by atoms with E-state index in [1.807, 2.05) is 24.3 Å². The number of benzene rings is 1. The number of urea groups is 1. The van der Waals surface area contributed by atoms with Crippen molar-refractivity contribution in [3.05, 3.63) is 41.5 Å². The molecule has 0 bridgehead atoms. The Labute approximate surface area is 112 Å². The molecular formula is C14H18N2O3. The van der Waals surface area contributed by atoms with Gasteiger partial charge < -0.3 is 14.9 Å². The number of hydrogen-bond donors (Lipinski definition) is 1. The van der Waals surface area contributed by atoms with Gasteiger partial charge in [-0.3, -0.25) is 0 Å². The van der Waals surface area contributed by atoms with E-state index in [1.165, 1.54) is 11.0 Å². The van der Waals surface area contributed by atoms with Crippen molar-refractivity contribution in [3.63, 3.8) is 0 Å². The van der Waals surface area contributed by atoms with Crippen molar-refractivity contribution >= 4 is 18.1 Å². The molecular weight excluding hydrogens is 244 g/mol. The van der Waals surface area contributed by atoms with Crippen LogP contribution in [0.25, 0.3) is 6.08 Å². The lowest BCUT2D eigenvalue weighted by Gasteiger charge is -2.21. The SMILES string of the molecule is CN(C)C(=O)N(C)Cc1ccc(C=CC(=O)O)cc1. The Hall–Kier alpha value is -2.30. The zero-order valence-electron chi connectivity index (χ0n) is 11.3. The van der Waals surface area contributed by atoms with Gasteiger partial charge in [0.25, 0.3) is 0 Å². The molecule has 1 rings (SSSR count). The molecule has 0 fully saturated rings. The summed E-state index contributed by atoms with van der Waals surface area (Å²) in [4.78, 5) is 25.2. The summed E-state index contributed by atoms with van der Waals surface area (Å²) >= 11 is 0. The topological polar surface area (TPSA) is 60.9 Å². The monoisotopic (exact) mass is 262 g/mol. The summed E-state index contributed by atoms with van der Waals surface area (Å²) in [5.74, 6) is -0.972. The minimum absolute atomic E-state index is 0.0603. The van der Waals surface area contributed by atoms with Gasteiger partial charge in [-0.15, -0.1) is 0 Å². The third-order valence-corrected chi connectivity index (χ3v) is 2.53. The highest BCUT2D eigenvalue weighted by Crippen LogP contribution is 2.09. The molecule has 0 spiro atoms. The average molecular weight is 262 g/mol. The lowest BCUT2D eigenvalue weighted by molar-refractivity contribution is -0.131. The van der Waals surface area contributed by atoms with Crippen molar-refractivity contribution in [2.45, 2.75) is 6.54 Å². The first-order chi connectivity index (χ1) is 8.90. The summed E-state index contributed by atoms with van der Waals surface area (Å²) in [7, 11) is 5.15. The maximum Gasteiger partial charge on any atom is 0.328 e. The van der Waals surface area contributed by atoms with Gasteiger partial charge in [0.15, 0.2) is 0 Å². The average Bonchev–Trinajstić information content (AvgIpc) is 2.36. The van der Waals surface area contributed by atoms with E-state index in [9.17, 15) is 9.59 Å². The second-order valence-corrected chi connectivity index (χ2v) is 4.45. The van der Waals surface area contributed by atoms with Crippen LogP contribution in [0.3, 0.4) is 0 Å². The van der Waals surface area contributed by atoms with E-state index in [-0.39, 0.29) is 6.03 Å². The smallest absolute Gasteiger partial charge is 0.328 e. The Kier molecular flexibility index (Phi) is 5.11. The molecule has 0 saturated heterocycles. The summed E-state index contributed by atoms with van der Waals surface area (Å²) in [5.41, 5.74) is 1.80. The predicted octanol–water partition coefficient (Wildman–Crippen LogP) is 1.90. The molecule has 5 nitrogen and oxygen atoms in total. The summed E-state index contributed by atoms with van der Waals surface area (Å²) in [6, 6.07) is 7.34. The van der Waals surface area contributed by atoms with E-state index in [0.29, 0.717) is 6.54 Å². The number of amides is 2. The van der Waals surface area contributed by atoms with Gasteiger partial charge in [0.2, 0.25) is 0 Å². The third kappa shape index (κ3) is 4.83. The molecule has 0 radical (unpaired) electrons. The van der Waals surface area contributed by atoms with Crippen molar-refractivity contribution in [2.24, 2.45) is 0 Å². The van der Waals surface area contributed by atoms with E-state index < -0.39 is 5.97 Å². The number of carbonyl (C=O) groups excluding carboxylic acids is 1. The lowest BCUT2D eigenvalue weighted by Crippen LogP contribution is -2.35. The quantitative estimate of drug-likeness (QED) is 0.843. The first-order valence-electron chi connectivity index (χ1n) is 5.82. The fourth-order valence-corrected chi connectivity index (χ4v) is 1.58. The molecule has 0 atom stereocenters. The zero-order chi connectivity index (χ0) is 14.4. The second-order valence-electron chi connectivity index (χ2n) is 4.45. The second kappa shape index (κ2) is 6.58. The normalized spacial score (nSPS) is 10.5. The highest BCUT2D eigenvalue weighted by Gasteiger charge is 2.10. The molecule has 0 saturated carbocycles. The van der Waals surface area contributed by atoms with Crippen LogP contribution in [0.4, 0.5) is 4.79 Å². The number of nitrogens with zero attached hydrogens (tertiary/aromatic N) is 2. The van der Waals surface area contributed by atoms with Gasteiger partial charge in [0, 0.05) is 33.8 Å². The van der Waals surface area contributed by atoms with Crippen LogP contribution in [0.1, 0.15) is 11.1 Å². The van der Waals surface area contributed by atoms with Crippen LogP contribution in [0, 0.1) is 0 Å². The predicted molar refractivity (Wildman–Crippen MR) is 73.7 cm³/mol. The van der Waals surface area contributed by atoms with Gasteiger partial charge in [0.1, 0.15) is 0 Å². The van der Waals surface area contributed by atoms with Crippen LogP contribution in [0.2, 0.25) is 0 Å². The van der Waals surface area contributed by atoms with Gasteiger partial charge in [-0.05, 0) is 17.2 Å². The minimum atomic E-state index is -0.972. The number of rotatable bonds is 4. The molecule has 0 aromatic heterocycles. The largest absolute Gasteiger partial charge is 0.478 e. The van der Waals surface area contributed by atoms with Crippen molar-refractivity contribution in [1.29, 1.82) is 0 Å². The van der Waals surface area contributed by atoms with Crippen molar-refractivity contribution in [3.8, 4) is 0 Å². The minimum Gasteiger partial charge on any atom is -0.478 e. The zero-order valence-corrected chi connectivity index (χ0v) is 11.3. The molecule has 0 unspecified atom stereocenters. The molecule has 1 aromatic carbocycles. The van der Waals surface area contributed by atoms with Crippen molar-refractivity contribution in [2.75, 3.05) is 21.1 Å². The van der Waals surface area contributed by atoms with E-state index >= 15 is 0 Å². The Bertz CT molecular complexity index is 478. The molecule has 102 valence electrons. The molecule has 0 aliphatic rings. The lowest BCUT2D eigenvalue weighted by atomic mass is 10.1. The molecule has 19 heavy (non-hydrogen) atoms. The summed E-state index contributed by atoms with van der Waals surface area (Å²) < 4.78 is 0. The van der Waals surface area contributed by atoms with Gasteiger partial charge in [-0.2, -0.15) is 0 Å². The highest BCUT2D eigenvalue weighted by atomic mass is 16.4. The van der Waals surface area contributed by atoms with Crippen LogP contribution < -0.4 is 0 Å². The first kappa shape index (κ1) is 14.8. The highest BCUT2D eigenvalue weighted by molar-refractivity contribution is 5.85. The number of aliphatic carboxylic acids is 1. The number of carboxylic acid groups (broad SMARTS) is 1. The Morgan fingerprint density at radius 2 is 1.74 bits per heavy atom. The molecule has 0 aliphatic heterocycles. The molecule has 1 aromatic rings. The molecule has 1 N–H and O–H groups in total. The molecule has 2 amide bonds. The molecule has 5 heteroatoms. The van der Waals surface area contributed by atoms with Crippen LogP contribution in [-0.4, -0.2) is 48.0 Å². The van der Waals surface area contributed by atoms with Crippen LogP contribution in [0.5, 0.6) is 0 Å². The standard InChI is InChI=1S/C14H18N2O3/c1-15(2)14(19)16(3)10-12-6-4-11(5-7-12)8-9-13(17)18/h4-9H,10H2,1-3H3,(H,17,18). The number of hydrogen-bond acceptors (Lipinski definition) is 2. The van der Waals surface area contributed by atoms with Crippen LogP contribution >= 0.6 is 0 Å². The Morgan fingerprint density at radius 1 is 1.16 bits per heavy atom. The van der Waals surface area contributed by atoms with E-state index in [2.05, 4.69) is 0 Å². The van der Waals surface area contributed by atoms with E-state index in [0.717, 1.165) is 17.2 Å². The Morgan fingerprint density at radius 3 is 2.21 bits per heavy atom.